The van der Waals surface area contributed by atoms with Gasteiger partial charge in [0.05, 0.1) is 6.54 Å². The number of anilines is 1. The van der Waals surface area contributed by atoms with Gasteiger partial charge in [0.25, 0.3) is 0 Å². The first kappa shape index (κ1) is 12.8. The van der Waals surface area contributed by atoms with Crippen molar-refractivity contribution in [1.29, 1.82) is 0 Å². The molecule has 1 aliphatic rings. The van der Waals surface area contributed by atoms with Gasteiger partial charge in [0.15, 0.2) is 5.82 Å². The van der Waals surface area contributed by atoms with Gasteiger partial charge in [-0.3, -0.25) is 0 Å². The molecule has 0 N–H and O–H groups in total. The molecule has 106 valence electrons. The molecular weight excluding hydrogens is 273 g/mol. The Morgan fingerprint density at radius 2 is 2.00 bits per heavy atom. The van der Waals surface area contributed by atoms with Crippen LogP contribution in [0.25, 0.3) is 0 Å². The summed E-state index contributed by atoms with van der Waals surface area (Å²) < 4.78 is 39.9. The van der Waals surface area contributed by atoms with E-state index in [0.29, 0.717) is 25.5 Å². The zero-order valence-electron chi connectivity index (χ0n) is 10.6. The summed E-state index contributed by atoms with van der Waals surface area (Å²) in [6.07, 6.45) is -3.35. The Morgan fingerprint density at radius 1 is 1.20 bits per heavy atom. The van der Waals surface area contributed by atoms with E-state index in [9.17, 15) is 13.2 Å². The molecule has 6 nitrogen and oxygen atoms in total. The van der Waals surface area contributed by atoms with Gasteiger partial charge in [-0.25, -0.2) is 9.97 Å². The summed E-state index contributed by atoms with van der Waals surface area (Å²) in [5, 5.41) is 7.95. The highest BCUT2D eigenvalue weighted by molar-refractivity contribution is 5.32. The SMILES string of the molecule is Cc1nnc2n1CCN(c1nccc(C(F)(F)F)n1)C2. The third-order valence-electron chi connectivity index (χ3n) is 3.15. The van der Waals surface area contributed by atoms with Gasteiger partial charge in [0, 0.05) is 19.3 Å². The summed E-state index contributed by atoms with van der Waals surface area (Å²) in [6.45, 7) is 3.32. The van der Waals surface area contributed by atoms with Crippen molar-refractivity contribution in [2.45, 2.75) is 26.2 Å². The topological polar surface area (TPSA) is 59.7 Å². The molecule has 0 saturated heterocycles. The lowest BCUT2D eigenvalue weighted by atomic mass is 10.3. The van der Waals surface area contributed by atoms with Crippen molar-refractivity contribution in [2.24, 2.45) is 0 Å². The minimum Gasteiger partial charge on any atom is -0.331 e. The number of alkyl halides is 3. The van der Waals surface area contributed by atoms with Gasteiger partial charge >= 0.3 is 6.18 Å². The second-order valence-electron chi connectivity index (χ2n) is 4.48. The molecule has 0 spiro atoms. The quantitative estimate of drug-likeness (QED) is 0.792. The molecular formula is C11H11F3N6. The van der Waals surface area contributed by atoms with E-state index in [-0.39, 0.29) is 5.95 Å². The molecule has 0 saturated carbocycles. The molecule has 1 aliphatic heterocycles. The normalized spacial score (nSPS) is 15.3. The minimum absolute atomic E-state index is 0.0618. The van der Waals surface area contributed by atoms with Gasteiger partial charge in [0.2, 0.25) is 5.95 Å². The average molecular weight is 284 g/mol. The molecule has 9 heteroatoms. The number of hydrogen-bond donors (Lipinski definition) is 0. The third kappa shape index (κ3) is 2.19. The molecule has 2 aromatic rings. The molecule has 0 unspecified atom stereocenters. The van der Waals surface area contributed by atoms with Gasteiger partial charge < -0.3 is 9.47 Å². The predicted molar refractivity (Wildman–Crippen MR) is 62.8 cm³/mol. The van der Waals surface area contributed by atoms with Crippen LogP contribution in [0.3, 0.4) is 0 Å². The zero-order valence-corrected chi connectivity index (χ0v) is 10.6. The predicted octanol–water partition coefficient (Wildman–Crippen LogP) is 1.42. The van der Waals surface area contributed by atoms with Crippen LogP contribution in [0.15, 0.2) is 12.3 Å². The summed E-state index contributed by atoms with van der Waals surface area (Å²) in [7, 11) is 0. The molecule has 3 heterocycles. The summed E-state index contributed by atoms with van der Waals surface area (Å²) in [5.41, 5.74) is -0.939. The van der Waals surface area contributed by atoms with E-state index >= 15 is 0 Å². The van der Waals surface area contributed by atoms with Crippen molar-refractivity contribution in [3.8, 4) is 0 Å². The van der Waals surface area contributed by atoms with Gasteiger partial charge in [-0.05, 0) is 13.0 Å². The summed E-state index contributed by atoms with van der Waals surface area (Å²) in [5.74, 6) is 1.56. The highest BCUT2D eigenvalue weighted by Gasteiger charge is 2.33. The number of hydrogen-bond acceptors (Lipinski definition) is 5. The van der Waals surface area contributed by atoms with Gasteiger partial charge in [0.1, 0.15) is 11.5 Å². The van der Waals surface area contributed by atoms with E-state index in [0.717, 1.165) is 18.1 Å². The van der Waals surface area contributed by atoms with Crippen molar-refractivity contribution in [1.82, 2.24) is 24.7 Å². The van der Waals surface area contributed by atoms with Gasteiger partial charge in [-0.15, -0.1) is 10.2 Å². The Bertz CT molecular complexity index is 635. The number of fused-ring (bicyclic) bond motifs is 1. The van der Waals surface area contributed by atoms with Crippen LogP contribution in [-0.2, 0) is 19.3 Å². The van der Waals surface area contributed by atoms with Crippen LogP contribution in [0.5, 0.6) is 0 Å². The van der Waals surface area contributed by atoms with E-state index in [1.165, 1.54) is 0 Å². The lowest BCUT2D eigenvalue weighted by Crippen LogP contribution is -2.35. The molecule has 0 aliphatic carbocycles. The Kier molecular flexibility index (Phi) is 2.84. The van der Waals surface area contributed by atoms with Crippen LogP contribution in [0, 0.1) is 6.92 Å². The highest BCUT2D eigenvalue weighted by Crippen LogP contribution is 2.28. The van der Waals surface area contributed by atoms with Crippen molar-refractivity contribution in [3.63, 3.8) is 0 Å². The van der Waals surface area contributed by atoms with E-state index in [2.05, 4.69) is 20.2 Å². The summed E-state index contributed by atoms with van der Waals surface area (Å²) in [6, 6.07) is 0.861. The fourth-order valence-corrected chi connectivity index (χ4v) is 2.13. The van der Waals surface area contributed by atoms with E-state index in [1.54, 1.807) is 4.90 Å². The van der Waals surface area contributed by atoms with Gasteiger partial charge in [-0.1, -0.05) is 0 Å². The lowest BCUT2D eigenvalue weighted by molar-refractivity contribution is -0.141. The molecule has 0 aromatic carbocycles. The number of aryl methyl sites for hydroxylation is 1. The monoisotopic (exact) mass is 284 g/mol. The molecule has 0 amide bonds. The Hall–Kier alpha value is -2.19. The van der Waals surface area contributed by atoms with Crippen molar-refractivity contribution >= 4 is 5.95 Å². The minimum atomic E-state index is -4.47. The second-order valence-corrected chi connectivity index (χ2v) is 4.48. The maximum atomic E-state index is 12.6. The molecule has 0 bridgehead atoms. The molecule has 20 heavy (non-hydrogen) atoms. The van der Waals surface area contributed by atoms with Crippen LogP contribution in [0.2, 0.25) is 0 Å². The summed E-state index contributed by atoms with van der Waals surface area (Å²) in [4.78, 5) is 9.16. The van der Waals surface area contributed by atoms with Crippen LogP contribution in [-0.4, -0.2) is 31.3 Å². The van der Waals surface area contributed by atoms with Crippen LogP contribution >= 0.6 is 0 Å². The number of aromatic nitrogens is 5. The Labute approximate surface area is 112 Å². The summed E-state index contributed by atoms with van der Waals surface area (Å²) >= 11 is 0. The van der Waals surface area contributed by atoms with Crippen LogP contribution in [0.4, 0.5) is 19.1 Å². The molecule has 0 atom stereocenters. The van der Waals surface area contributed by atoms with Gasteiger partial charge in [-0.2, -0.15) is 13.2 Å². The maximum Gasteiger partial charge on any atom is 0.433 e. The first-order chi connectivity index (χ1) is 9.45. The standard InChI is InChI=1S/C11H11F3N6/c1-7-17-18-9-6-19(4-5-20(7)9)10-15-3-2-8(16-10)11(12,13)14/h2-3H,4-6H2,1H3. The van der Waals surface area contributed by atoms with Crippen molar-refractivity contribution < 1.29 is 13.2 Å². The van der Waals surface area contributed by atoms with Crippen LogP contribution in [0.1, 0.15) is 17.3 Å². The first-order valence-electron chi connectivity index (χ1n) is 5.99. The molecule has 3 rings (SSSR count). The molecule has 0 fully saturated rings. The fourth-order valence-electron chi connectivity index (χ4n) is 2.13. The Balaban J connectivity index is 1.88. The largest absolute Gasteiger partial charge is 0.433 e. The average Bonchev–Trinajstić information content (AvgIpc) is 2.79. The second kappa shape index (κ2) is 4.43. The number of nitrogens with zero attached hydrogens (tertiary/aromatic N) is 6. The smallest absolute Gasteiger partial charge is 0.331 e. The Morgan fingerprint density at radius 3 is 2.75 bits per heavy atom. The molecule has 2 aromatic heterocycles. The zero-order chi connectivity index (χ0) is 14.3. The lowest BCUT2D eigenvalue weighted by Gasteiger charge is -2.27. The number of halogens is 3. The third-order valence-corrected chi connectivity index (χ3v) is 3.15. The fraction of sp³-hybridized carbons (Fsp3) is 0.455. The van der Waals surface area contributed by atoms with Crippen molar-refractivity contribution in [2.75, 3.05) is 11.4 Å². The van der Waals surface area contributed by atoms with Crippen molar-refractivity contribution in [3.05, 3.63) is 29.6 Å². The van der Waals surface area contributed by atoms with E-state index in [4.69, 9.17) is 0 Å². The van der Waals surface area contributed by atoms with E-state index < -0.39 is 11.9 Å². The van der Waals surface area contributed by atoms with E-state index in [1.807, 2.05) is 11.5 Å². The highest BCUT2D eigenvalue weighted by atomic mass is 19.4. The maximum absolute atomic E-state index is 12.6. The molecule has 0 radical (unpaired) electrons. The van der Waals surface area contributed by atoms with Crippen LogP contribution < -0.4 is 4.90 Å². The number of rotatable bonds is 1. The first-order valence-corrected chi connectivity index (χ1v) is 5.99.